The van der Waals surface area contributed by atoms with Crippen molar-refractivity contribution < 1.29 is 0 Å². The molecule has 2 aromatic heterocycles. The fourth-order valence-electron chi connectivity index (χ4n) is 2.91. The van der Waals surface area contributed by atoms with E-state index < -0.39 is 0 Å². The van der Waals surface area contributed by atoms with Gasteiger partial charge >= 0.3 is 0 Å². The second-order valence-electron chi connectivity index (χ2n) is 5.70. The van der Waals surface area contributed by atoms with Crippen molar-refractivity contribution in [2.24, 2.45) is 0 Å². The third-order valence-corrected chi connectivity index (χ3v) is 3.85. The average Bonchev–Trinajstić information content (AvgIpc) is 2.75. The first-order chi connectivity index (χ1) is 10.1. The molecule has 6 heteroatoms. The van der Waals surface area contributed by atoms with E-state index in [-0.39, 0.29) is 0 Å². The lowest BCUT2D eigenvalue weighted by molar-refractivity contribution is 0.254. The minimum atomic E-state index is 0.571. The Balaban J connectivity index is 1.99. The molecule has 2 N–H and O–H groups in total. The Labute approximate surface area is 125 Å². The zero-order valence-electron chi connectivity index (χ0n) is 12.9. The molecule has 0 saturated heterocycles. The van der Waals surface area contributed by atoms with Crippen LogP contribution in [0, 0.1) is 13.8 Å². The Morgan fingerprint density at radius 1 is 1.24 bits per heavy atom. The van der Waals surface area contributed by atoms with E-state index in [0.29, 0.717) is 11.8 Å². The molecule has 3 rings (SSSR count). The molecule has 0 aromatic carbocycles. The maximum atomic E-state index is 6.31. The number of fused-ring (bicyclic) bond motifs is 1. The Morgan fingerprint density at radius 3 is 2.62 bits per heavy atom. The second kappa shape index (κ2) is 5.44. The summed E-state index contributed by atoms with van der Waals surface area (Å²) in [5.41, 5.74) is 10.4. The fraction of sp³-hybridized carbons (Fsp3) is 0.533. The van der Waals surface area contributed by atoms with Crippen molar-refractivity contribution in [2.75, 3.05) is 18.8 Å². The van der Waals surface area contributed by atoms with Gasteiger partial charge in [0.05, 0.1) is 5.69 Å². The first kappa shape index (κ1) is 14.0. The van der Waals surface area contributed by atoms with E-state index in [1.807, 2.05) is 19.9 Å². The van der Waals surface area contributed by atoms with Crippen molar-refractivity contribution in [3.63, 3.8) is 0 Å². The number of aromatic nitrogens is 4. The van der Waals surface area contributed by atoms with E-state index in [1.165, 1.54) is 0 Å². The third-order valence-electron chi connectivity index (χ3n) is 3.85. The fourth-order valence-corrected chi connectivity index (χ4v) is 2.91. The molecule has 0 bridgehead atoms. The van der Waals surface area contributed by atoms with E-state index >= 15 is 0 Å². The zero-order chi connectivity index (χ0) is 15.0. The van der Waals surface area contributed by atoms with Gasteiger partial charge in [0.1, 0.15) is 5.82 Å². The normalized spacial score (nSPS) is 15.2. The molecule has 1 aliphatic heterocycles. The van der Waals surface area contributed by atoms with Crippen molar-refractivity contribution in [2.45, 2.75) is 40.2 Å². The van der Waals surface area contributed by atoms with Gasteiger partial charge in [-0.05, 0) is 32.9 Å². The van der Waals surface area contributed by atoms with Crippen LogP contribution in [0.2, 0.25) is 0 Å². The minimum absolute atomic E-state index is 0.571. The van der Waals surface area contributed by atoms with E-state index in [2.05, 4.69) is 26.9 Å². The molecule has 0 saturated carbocycles. The molecule has 0 atom stereocenters. The number of hydrogen-bond donors (Lipinski definition) is 1. The van der Waals surface area contributed by atoms with Gasteiger partial charge in [0.15, 0.2) is 0 Å². The molecular formula is C15H22N6. The molecule has 3 heterocycles. The van der Waals surface area contributed by atoms with E-state index in [0.717, 1.165) is 55.1 Å². The van der Waals surface area contributed by atoms with Crippen LogP contribution in [-0.4, -0.2) is 37.7 Å². The van der Waals surface area contributed by atoms with Gasteiger partial charge in [-0.15, -0.1) is 0 Å². The van der Waals surface area contributed by atoms with E-state index in [9.17, 15) is 0 Å². The molecular weight excluding hydrogens is 264 g/mol. The number of nitrogens with two attached hydrogens (primary N) is 1. The van der Waals surface area contributed by atoms with Gasteiger partial charge < -0.3 is 5.73 Å². The van der Waals surface area contributed by atoms with Crippen LogP contribution in [0.1, 0.15) is 36.0 Å². The smallest absolute Gasteiger partial charge is 0.252 e. The molecule has 0 fully saturated rings. The Hall–Kier alpha value is -1.95. The van der Waals surface area contributed by atoms with Gasteiger partial charge in [-0.2, -0.15) is 9.78 Å². The summed E-state index contributed by atoms with van der Waals surface area (Å²) in [4.78, 5) is 11.3. The van der Waals surface area contributed by atoms with Crippen LogP contribution in [0.25, 0.3) is 5.95 Å². The SMILES string of the molecule is CCCN1CCc2nn(-c3nc(C)cc(C)n3)c(N)c2C1. The van der Waals surface area contributed by atoms with Crippen molar-refractivity contribution in [1.29, 1.82) is 0 Å². The highest BCUT2D eigenvalue weighted by Gasteiger charge is 2.24. The van der Waals surface area contributed by atoms with Crippen LogP contribution < -0.4 is 5.73 Å². The van der Waals surface area contributed by atoms with Crippen LogP contribution >= 0.6 is 0 Å². The summed E-state index contributed by atoms with van der Waals surface area (Å²) in [5.74, 6) is 1.25. The van der Waals surface area contributed by atoms with Crippen molar-refractivity contribution >= 4 is 5.82 Å². The number of anilines is 1. The average molecular weight is 286 g/mol. The third kappa shape index (κ3) is 2.63. The van der Waals surface area contributed by atoms with Crippen LogP contribution in [0.3, 0.4) is 0 Å². The van der Waals surface area contributed by atoms with Gasteiger partial charge in [0.25, 0.3) is 5.95 Å². The predicted octanol–water partition coefficient (Wildman–Crippen LogP) is 1.63. The van der Waals surface area contributed by atoms with Crippen molar-refractivity contribution in [1.82, 2.24) is 24.6 Å². The standard InChI is InChI=1S/C15H22N6/c1-4-6-20-7-5-13-12(9-20)14(16)21(19-13)15-17-10(2)8-11(3)18-15/h8H,4-7,9,16H2,1-3H3. The van der Waals surface area contributed by atoms with Crippen LogP contribution in [-0.2, 0) is 13.0 Å². The summed E-state index contributed by atoms with van der Waals surface area (Å²) in [5, 5.41) is 4.64. The summed E-state index contributed by atoms with van der Waals surface area (Å²) < 4.78 is 1.69. The van der Waals surface area contributed by atoms with Gasteiger partial charge in [0, 0.05) is 36.5 Å². The lowest BCUT2D eigenvalue weighted by Gasteiger charge is -2.25. The number of rotatable bonds is 3. The topological polar surface area (TPSA) is 72.9 Å². The molecule has 21 heavy (non-hydrogen) atoms. The molecule has 0 unspecified atom stereocenters. The highest BCUT2D eigenvalue weighted by atomic mass is 15.4. The molecule has 0 amide bonds. The first-order valence-corrected chi connectivity index (χ1v) is 7.49. The molecule has 1 aliphatic rings. The monoisotopic (exact) mass is 286 g/mol. The zero-order valence-corrected chi connectivity index (χ0v) is 12.9. The first-order valence-electron chi connectivity index (χ1n) is 7.49. The highest BCUT2D eigenvalue weighted by molar-refractivity contribution is 5.48. The largest absolute Gasteiger partial charge is 0.383 e. The lowest BCUT2D eigenvalue weighted by atomic mass is 10.1. The Kier molecular flexibility index (Phi) is 3.63. The summed E-state index contributed by atoms with van der Waals surface area (Å²) in [6.07, 6.45) is 2.10. The van der Waals surface area contributed by atoms with Gasteiger partial charge in [-0.25, -0.2) is 9.97 Å². The Bertz CT molecular complexity index is 640. The van der Waals surface area contributed by atoms with Gasteiger partial charge in [0.2, 0.25) is 0 Å². The quantitative estimate of drug-likeness (QED) is 0.928. The number of aryl methyl sites for hydroxylation is 2. The molecule has 112 valence electrons. The molecule has 0 aliphatic carbocycles. The summed E-state index contributed by atoms with van der Waals surface area (Å²) in [6, 6.07) is 1.95. The summed E-state index contributed by atoms with van der Waals surface area (Å²) >= 11 is 0. The maximum Gasteiger partial charge on any atom is 0.252 e. The van der Waals surface area contributed by atoms with E-state index in [1.54, 1.807) is 4.68 Å². The van der Waals surface area contributed by atoms with E-state index in [4.69, 9.17) is 5.73 Å². The highest BCUT2D eigenvalue weighted by Crippen LogP contribution is 2.25. The van der Waals surface area contributed by atoms with Crippen LogP contribution in [0.4, 0.5) is 5.82 Å². The number of nitrogens with zero attached hydrogens (tertiary/aromatic N) is 5. The summed E-state index contributed by atoms with van der Waals surface area (Å²) in [7, 11) is 0. The lowest BCUT2D eigenvalue weighted by Crippen LogP contribution is -2.31. The maximum absolute atomic E-state index is 6.31. The number of nitrogen functional groups attached to an aromatic ring is 1. The number of hydrogen-bond acceptors (Lipinski definition) is 5. The van der Waals surface area contributed by atoms with Gasteiger partial charge in [-0.3, -0.25) is 4.90 Å². The van der Waals surface area contributed by atoms with Crippen LogP contribution in [0.5, 0.6) is 0 Å². The predicted molar refractivity (Wildman–Crippen MR) is 82.3 cm³/mol. The van der Waals surface area contributed by atoms with Crippen molar-refractivity contribution in [3.8, 4) is 5.95 Å². The van der Waals surface area contributed by atoms with Crippen LogP contribution in [0.15, 0.2) is 6.07 Å². The molecule has 0 spiro atoms. The van der Waals surface area contributed by atoms with Gasteiger partial charge in [-0.1, -0.05) is 6.92 Å². The molecule has 6 nitrogen and oxygen atoms in total. The molecule has 2 aromatic rings. The minimum Gasteiger partial charge on any atom is -0.383 e. The van der Waals surface area contributed by atoms with Crippen molar-refractivity contribution in [3.05, 3.63) is 28.7 Å². The summed E-state index contributed by atoms with van der Waals surface area (Å²) in [6.45, 7) is 9.14. The Morgan fingerprint density at radius 2 is 1.95 bits per heavy atom. The second-order valence-corrected chi connectivity index (χ2v) is 5.70. The molecule has 0 radical (unpaired) electrons.